The average molecular weight is 275 g/mol. The molecule has 0 unspecified atom stereocenters. The molecule has 4 heteroatoms. The van der Waals surface area contributed by atoms with Gasteiger partial charge in [0.2, 0.25) is 0 Å². The van der Waals surface area contributed by atoms with Crippen molar-refractivity contribution >= 4 is 17.0 Å². The van der Waals surface area contributed by atoms with E-state index in [1.165, 1.54) is 16.1 Å². The van der Waals surface area contributed by atoms with Crippen molar-refractivity contribution in [1.29, 1.82) is 0 Å². The molecular weight excluding hydrogens is 258 g/mol. The van der Waals surface area contributed by atoms with Crippen molar-refractivity contribution in [2.45, 2.75) is 0 Å². The summed E-state index contributed by atoms with van der Waals surface area (Å²) in [6.07, 6.45) is 0. The minimum absolute atomic E-state index is 0.827. The number of methoxy groups -OCH3 is 1. The van der Waals surface area contributed by atoms with Crippen molar-refractivity contribution in [2.24, 2.45) is 0 Å². The van der Waals surface area contributed by atoms with Crippen molar-refractivity contribution in [3.8, 4) is 16.2 Å². The maximum absolute atomic E-state index is 5.39. The number of hydrogen-bond acceptors (Lipinski definition) is 4. The van der Waals surface area contributed by atoms with Gasteiger partial charge in [-0.25, -0.2) is 0 Å². The first-order chi connectivity index (χ1) is 9.36. The van der Waals surface area contributed by atoms with Crippen LogP contribution in [0.2, 0.25) is 0 Å². The van der Waals surface area contributed by atoms with Gasteiger partial charge < -0.3 is 14.4 Å². The van der Waals surface area contributed by atoms with Gasteiger partial charge >= 0.3 is 0 Å². The van der Waals surface area contributed by atoms with Crippen molar-refractivity contribution in [1.82, 2.24) is 0 Å². The molecule has 3 nitrogen and oxygen atoms in total. The molecule has 1 aromatic carbocycles. The van der Waals surface area contributed by atoms with E-state index < -0.39 is 0 Å². The molecule has 1 aliphatic rings. The number of benzene rings is 1. The average Bonchev–Trinajstić information content (AvgIpc) is 2.98. The van der Waals surface area contributed by atoms with Gasteiger partial charge in [-0.2, -0.15) is 0 Å². The molecule has 0 N–H and O–H groups in total. The van der Waals surface area contributed by atoms with Crippen LogP contribution in [0.5, 0.6) is 5.75 Å². The lowest BCUT2D eigenvalue weighted by Crippen LogP contribution is -2.35. The summed E-state index contributed by atoms with van der Waals surface area (Å²) in [4.78, 5) is 3.68. The number of ether oxygens (including phenoxy) is 2. The molecule has 0 atom stereocenters. The van der Waals surface area contributed by atoms with Crippen LogP contribution in [-0.2, 0) is 4.74 Å². The standard InChI is InChI=1S/C15H17NO2S/c1-17-14-4-2-12(3-5-14)15-10-13(11-19-15)16-6-8-18-9-7-16/h2-5,10-11H,6-9H2,1H3. The zero-order valence-electron chi connectivity index (χ0n) is 11.0. The minimum Gasteiger partial charge on any atom is -0.497 e. The van der Waals surface area contributed by atoms with E-state index in [1.54, 1.807) is 18.4 Å². The second kappa shape index (κ2) is 5.63. The first kappa shape index (κ1) is 12.5. The van der Waals surface area contributed by atoms with Crippen LogP contribution in [0, 0.1) is 0 Å². The molecular formula is C15H17NO2S. The van der Waals surface area contributed by atoms with E-state index in [-0.39, 0.29) is 0 Å². The molecule has 2 heterocycles. The summed E-state index contributed by atoms with van der Waals surface area (Å²) < 4.78 is 10.6. The molecule has 1 aromatic heterocycles. The molecule has 2 aromatic rings. The Kier molecular flexibility index (Phi) is 3.71. The Morgan fingerprint density at radius 3 is 2.58 bits per heavy atom. The Morgan fingerprint density at radius 1 is 1.16 bits per heavy atom. The highest BCUT2D eigenvalue weighted by atomic mass is 32.1. The third-order valence-electron chi connectivity index (χ3n) is 3.34. The summed E-state index contributed by atoms with van der Waals surface area (Å²) in [5, 5.41) is 2.23. The molecule has 1 aliphatic heterocycles. The van der Waals surface area contributed by atoms with Crippen molar-refractivity contribution < 1.29 is 9.47 Å². The highest BCUT2D eigenvalue weighted by Gasteiger charge is 2.13. The highest BCUT2D eigenvalue weighted by Crippen LogP contribution is 2.32. The van der Waals surface area contributed by atoms with Gasteiger partial charge in [0.05, 0.1) is 20.3 Å². The fraction of sp³-hybridized carbons (Fsp3) is 0.333. The number of nitrogens with zero attached hydrogens (tertiary/aromatic N) is 1. The Bertz CT molecular complexity index is 529. The summed E-state index contributed by atoms with van der Waals surface area (Å²) in [6.45, 7) is 3.62. The smallest absolute Gasteiger partial charge is 0.118 e. The van der Waals surface area contributed by atoms with E-state index in [0.717, 1.165) is 32.1 Å². The summed E-state index contributed by atoms with van der Waals surface area (Å²) >= 11 is 1.79. The van der Waals surface area contributed by atoms with E-state index >= 15 is 0 Å². The summed E-state index contributed by atoms with van der Waals surface area (Å²) in [7, 11) is 1.69. The Hall–Kier alpha value is -1.52. The molecule has 100 valence electrons. The molecule has 0 amide bonds. The normalized spacial score (nSPS) is 15.5. The van der Waals surface area contributed by atoms with E-state index in [9.17, 15) is 0 Å². The van der Waals surface area contributed by atoms with Crippen molar-refractivity contribution in [2.75, 3.05) is 38.3 Å². The molecule has 0 spiro atoms. The number of hydrogen-bond donors (Lipinski definition) is 0. The fourth-order valence-electron chi connectivity index (χ4n) is 2.22. The monoisotopic (exact) mass is 275 g/mol. The van der Waals surface area contributed by atoms with Gasteiger partial charge in [0.15, 0.2) is 0 Å². The number of rotatable bonds is 3. The Labute approximate surface area is 117 Å². The molecule has 3 rings (SSSR count). The maximum Gasteiger partial charge on any atom is 0.118 e. The SMILES string of the molecule is COc1ccc(-c2cc(N3CCOCC3)cs2)cc1. The zero-order chi connectivity index (χ0) is 13.1. The van der Waals surface area contributed by atoms with E-state index in [2.05, 4.69) is 28.5 Å². The minimum atomic E-state index is 0.827. The summed E-state index contributed by atoms with van der Waals surface area (Å²) in [5.74, 6) is 0.897. The van der Waals surface area contributed by atoms with Crippen LogP contribution in [-0.4, -0.2) is 33.4 Å². The molecule has 19 heavy (non-hydrogen) atoms. The van der Waals surface area contributed by atoms with Gasteiger partial charge in [-0.1, -0.05) is 0 Å². The van der Waals surface area contributed by atoms with Gasteiger partial charge in [-0.05, 0) is 35.9 Å². The van der Waals surface area contributed by atoms with Gasteiger partial charge in [0, 0.05) is 29.0 Å². The number of morpholine rings is 1. The van der Waals surface area contributed by atoms with Crippen LogP contribution >= 0.6 is 11.3 Å². The maximum atomic E-state index is 5.39. The Morgan fingerprint density at radius 2 is 1.89 bits per heavy atom. The lowest BCUT2D eigenvalue weighted by atomic mass is 10.2. The number of thiophene rings is 1. The van der Waals surface area contributed by atoms with Crippen molar-refractivity contribution in [3.63, 3.8) is 0 Å². The predicted octanol–water partition coefficient (Wildman–Crippen LogP) is 3.26. The molecule has 0 aliphatic carbocycles. The van der Waals surface area contributed by atoms with Crippen LogP contribution < -0.4 is 9.64 Å². The van der Waals surface area contributed by atoms with Gasteiger partial charge in [-0.3, -0.25) is 0 Å². The fourth-order valence-corrected chi connectivity index (χ4v) is 3.15. The van der Waals surface area contributed by atoms with Crippen LogP contribution in [0.4, 0.5) is 5.69 Å². The van der Waals surface area contributed by atoms with Crippen molar-refractivity contribution in [3.05, 3.63) is 35.7 Å². The molecule has 0 saturated carbocycles. The third-order valence-corrected chi connectivity index (χ3v) is 4.30. The van der Waals surface area contributed by atoms with E-state index in [1.807, 2.05) is 12.1 Å². The second-order valence-electron chi connectivity index (χ2n) is 4.50. The van der Waals surface area contributed by atoms with E-state index in [4.69, 9.17) is 9.47 Å². The largest absolute Gasteiger partial charge is 0.497 e. The highest BCUT2D eigenvalue weighted by molar-refractivity contribution is 7.14. The van der Waals surface area contributed by atoms with Gasteiger partial charge in [-0.15, -0.1) is 11.3 Å². The quantitative estimate of drug-likeness (QED) is 0.858. The second-order valence-corrected chi connectivity index (χ2v) is 5.41. The molecule has 0 bridgehead atoms. The van der Waals surface area contributed by atoms with Crippen LogP contribution in [0.1, 0.15) is 0 Å². The Balaban J connectivity index is 1.79. The lowest BCUT2D eigenvalue weighted by Gasteiger charge is -2.27. The van der Waals surface area contributed by atoms with Gasteiger partial charge in [0.1, 0.15) is 5.75 Å². The van der Waals surface area contributed by atoms with Crippen LogP contribution in [0.25, 0.3) is 10.4 Å². The number of anilines is 1. The molecule has 1 saturated heterocycles. The first-order valence-corrected chi connectivity index (χ1v) is 7.30. The first-order valence-electron chi connectivity index (χ1n) is 6.42. The summed E-state index contributed by atoms with van der Waals surface area (Å²) in [6, 6.07) is 10.5. The lowest BCUT2D eigenvalue weighted by molar-refractivity contribution is 0.123. The summed E-state index contributed by atoms with van der Waals surface area (Å²) in [5.41, 5.74) is 2.55. The van der Waals surface area contributed by atoms with Crippen LogP contribution in [0.15, 0.2) is 35.7 Å². The molecule has 1 fully saturated rings. The third kappa shape index (κ3) is 2.74. The van der Waals surface area contributed by atoms with Crippen LogP contribution in [0.3, 0.4) is 0 Å². The molecule has 0 radical (unpaired) electrons. The zero-order valence-corrected chi connectivity index (χ0v) is 11.8. The van der Waals surface area contributed by atoms with Gasteiger partial charge in [0.25, 0.3) is 0 Å². The van der Waals surface area contributed by atoms with E-state index in [0.29, 0.717) is 0 Å². The predicted molar refractivity (Wildman–Crippen MR) is 79.3 cm³/mol. The topological polar surface area (TPSA) is 21.7 Å².